The van der Waals surface area contributed by atoms with E-state index in [1.165, 1.54) is 6.07 Å². The van der Waals surface area contributed by atoms with Gasteiger partial charge < -0.3 is 5.11 Å². The molecule has 2 atom stereocenters. The van der Waals surface area contributed by atoms with Crippen LogP contribution in [0.2, 0.25) is 5.02 Å². The van der Waals surface area contributed by atoms with Gasteiger partial charge >= 0.3 is 0 Å². The summed E-state index contributed by atoms with van der Waals surface area (Å²) in [5.41, 5.74) is 9.29. The monoisotopic (exact) mass is 279 g/mol. The first-order valence-electron chi connectivity index (χ1n) is 6.19. The lowest BCUT2D eigenvalue weighted by Crippen LogP contribution is -2.25. The Morgan fingerprint density at radius 3 is 2.95 bits per heavy atom. The largest absolute Gasteiger partial charge is 0.388 e. The van der Waals surface area contributed by atoms with Gasteiger partial charge in [0, 0.05) is 28.0 Å². The number of halogens is 1. The molecule has 1 fully saturated rings. The number of hydrogen-bond acceptors (Lipinski definition) is 3. The van der Waals surface area contributed by atoms with Crippen molar-refractivity contribution in [3.8, 4) is 0 Å². The Kier molecular flexibility index (Phi) is 4.43. The number of azide groups is 1. The van der Waals surface area contributed by atoms with Gasteiger partial charge in [-0.3, -0.25) is 4.79 Å². The van der Waals surface area contributed by atoms with Gasteiger partial charge in [0.1, 0.15) is 5.78 Å². The van der Waals surface area contributed by atoms with Crippen LogP contribution in [0.15, 0.2) is 23.3 Å². The topological polar surface area (TPSA) is 86.1 Å². The van der Waals surface area contributed by atoms with Crippen LogP contribution in [-0.2, 0) is 4.79 Å². The van der Waals surface area contributed by atoms with Crippen molar-refractivity contribution in [2.45, 2.75) is 31.8 Å². The minimum Gasteiger partial charge on any atom is -0.388 e. The second-order valence-corrected chi connectivity index (χ2v) is 5.09. The molecule has 1 aliphatic rings. The number of benzene rings is 1. The summed E-state index contributed by atoms with van der Waals surface area (Å²) in [6.07, 6.45) is 2.04. The van der Waals surface area contributed by atoms with Crippen molar-refractivity contribution in [1.82, 2.24) is 0 Å². The fourth-order valence-corrected chi connectivity index (χ4v) is 2.63. The lowest BCUT2D eigenvalue weighted by Gasteiger charge is -2.26. The molecule has 6 heteroatoms. The number of aliphatic hydroxyl groups excluding tert-OH is 1. The predicted octanol–water partition coefficient (Wildman–Crippen LogP) is 4.07. The molecule has 1 saturated carbocycles. The lowest BCUT2D eigenvalue weighted by atomic mass is 9.81. The van der Waals surface area contributed by atoms with Crippen LogP contribution < -0.4 is 0 Å². The molecule has 1 aromatic carbocycles. The molecule has 1 N–H and O–H groups in total. The van der Waals surface area contributed by atoms with E-state index in [4.69, 9.17) is 17.1 Å². The molecule has 100 valence electrons. The van der Waals surface area contributed by atoms with E-state index < -0.39 is 12.0 Å². The third-order valence-electron chi connectivity index (χ3n) is 3.45. The maximum Gasteiger partial charge on any atom is 0.138 e. The first-order chi connectivity index (χ1) is 9.13. The van der Waals surface area contributed by atoms with Crippen LogP contribution in [0.4, 0.5) is 5.69 Å². The van der Waals surface area contributed by atoms with Crippen LogP contribution in [0.25, 0.3) is 10.4 Å². The van der Waals surface area contributed by atoms with Crippen molar-refractivity contribution >= 4 is 23.1 Å². The Bertz CT molecular complexity index is 541. The Hall–Kier alpha value is -1.55. The maximum atomic E-state index is 11.9. The SMILES string of the molecule is [N-]=[N+]=Nc1cc(Cl)ccc1[C@H](O)[C@@H]1CCCCC1=O. The van der Waals surface area contributed by atoms with E-state index in [0.29, 0.717) is 23.4 Å². The van der Waals surface area contributed by atoms with E-state index >= 15 is 0 Å². The summed E-state index contributed by atoms with van der Waals surface area (Å²) in [6.45, 7) is 0. The zero-order valence-corrected chi connectivity index (χ0v) is 11.0. The summed E-state index contributed by atoms with van der Waals surface area (Å²) in [6, 6.07) is 4.72. The van der Waals surface area contributed by atoms with Gasteiger partial charge in [-0.25, -0.2) is 0 Å². The lowest BCUT2D eigenvalue weighted by molar-refractivity contribution is -0.128. The second-order valence-electron chi connectivity index (χ2n) is 4.66. The Morgan fingerprint density at radius 2 is 2.26 bits per heavy atom. The highest BCUT2D eigenvalue weighted by atomic mass is 35.5. The summed E-state index contributed by atoms with van der Waals surface area (Å²) < 4.78 is 0. The predicted molar refractivity (Wildman–Crippen MR) is 72.2 cm³/mol. The van der Waals surface area contributed by atoms with Crippen molar-refractivity contribution in [2.75, 3.05) is 0 Å². The average molecular weight is 280 g/mol. The highest BCUT2D eigenvalue weighted by Crippen LogP contribution is 2.37. The standard InChI is InChI=1S/C13H14ClN3O2/c14-8-5-6-9(11(7-8)16-17-15)13(19)10-3-1-2-4-12(10)18/h5-7,10,13,19H,1-4H2/t10-,13+/m1/s1. The zero-order chi connectivity index (χ0) is 13.8. The van der Waals surface area contributed by atoms with Crippen molar-refractivity contribution in [2.24, 2.45) is 11.0 Å². The van der Waals surface area contributed by atoms with Gasteiger partial charge in [-0.1, -0.05) is 29.2 Å². The fourth-order valence-electron chi connectivity index (χ4n) is 2.46. The van der Waals surface area contributed by atoms with E-state index in [1.54, 1.807) is 12.1 Å². The van der Waals surface area contributed by atoms with Gasteiger partial charge in [0.25, 0.3) is 0 Å². The van der Waals surface area contributed by atoms with E-state index in [2.05, 4.69) is 10.0 Å². The second kappa shape index (κ2) is 6.06. The Balaban J connectivity index is 2.34. The number of ketones is 1. The molecule has 2 rings (SSSR count). The van der Waals surface area contributed by atoms with E-state index in [1.807, 2.05) is 0 Å². The molecule has 0 radical (unpaired) electrons. The number of nitrogens with zero attached hydrogens (tertiary/aromatic N) is 3. The van der Waals surface area contributed by atoms with Gasteiger partial charge in [-0.15, -0.1) is 0 Å². The third-order valence-corrected chi connectivity index (χ3v) is 3.68. The van der Waals surface area contributed by atoms with Crippen LogP contribution in [0, 0.1) is 5.92 Å². The van der Waals surface area contributed by atoms with Crippen molar-refractivity contribution in [3.05, 3.63) is 39.2 Å². The van der Waals surface area contributed by atoms with Gasteiger partial charge in [-0.05, 0) is 36.1 Å². The number of hydrogen-bond donors (Lipinski definition) is 1. The molecule has 0 aromatic heterocycles. The minimum absolute atomic E-state index is 0.0700. The Labute approximate surface area is 115 Å². The number of Topliss-reactive ketones (excluding diaryl/α,β-unsaturated/α-hetero) is 1. The summed E-state index contributed by atoms with van der Waals surface area (Å²) in [5, 5.41) is 14.3. The first-order valence-corrected chi connectivity index (χ1v) is 6.56. The summed E-state index contributed by atoms with van der Waals surface area (Å²) in [5.74, 6) is -0.344. The smallest absolute Gasteiger partial charge is 0.138 e. The van der Waals surface area contributed by atoms with Gasteiger partial charge in [0.05, 0.1) is 6.10 Å². The molecule has 0 spiro atoms. The fraction of sp³-hybridized carbons (Fsp3) is 0.462. The van der Waals surface area contributed by atoms with Crippen molar-refractivity contribution in [1.29, 1.82) is 0 Å². The zero-order valence-electron chi connectivity index (χ0n) is 10.3. The van der Waals surface area contributed by atoms with Gasteiger partial charge in [0.2, 0.25) is 0 Å². The molecule has 0 heterocycles. The van der Waals surface area contributed by atoms with Gasteiger partial charge in [0.15, 0.2) is 0 Å². The maximum absolute atomic E-state index is 11.9. The quantitative estimate of drug-likeness (QED) is 0.513. The number of aliphatic hydroxyl groups is 1. The van der Waals surface area contributed by atoms with Crippen LogP contribution in [0.3, 0.4) is 0 Å². The number of rotatable bonds is 3. The molecule has 0 aliphatic heterocycles. The molecule has 19 heavy (non-hydrogen) atoms. The molecule has 0 unspecified atom stereocenters. The van der Waals surface area contributed by atoms with Gasteiger partial charge in [-0.2, -0.15) is 0 Å². The van der Waals surface area contributed by atoms with Crippen molar-refractivity contribution < 1.29 is 9.90 Å². The van der Waals surface area contributed by atoms with Crippen LogP contribution in [0.1, 0.15) is 37.4 Å². The van der Waals surface area contributed by atoms with Crippen molar-refractivity contribution in [3.63, 3.8) is 0 Å². The van der Waals surface area contributed by atoms with E-state index in [0.717, 1.165) is 12.8 Å². The summed E-state index contributed by atoms with van der Waals surface area (Å²) in [4.78, 5) is 14.6. The van der Waals surface area contributed by atoms with E-state index in [9.17, 15) is 9.90 Å². The normalized spacial score (nSPS) is 20.7. The number of carbonyl (C=O) groups excluding carboxylic acids is 1. The minimum atomic E-state index is -0.939. The first kappa shape index (κ1) is 13.9. The molecular formula is C13H14ClN3O2. The highest BCUT2D eigenvalue weighted by molar-refractivity contribution is 6.30. The van der Waals surface area contributed by atoms with Crippen LogP contribution in [-0.4, -0.2) is 10.9 Å². The number of carbonyl (C=O) groups is 1. The molecule has 1 aromatic rings. The van der Waals surface area contributed by atoms with Crippen LogP contribution in [0.5, 0.6) is 0 Å². The summed E-state index contributed by atoms with van der Waals surface area (Å²) >= 11 is 5.84. The van der Waals surface area contributed by atoms with Crippen LogP contribution >= 0.6 is 11.6 Å². The molecule has 1 aliphatic carbocycles. The molecule has 0 saturated heterocycles. The molecule has 0 bridgehead atoms. The summed E-state index contributed by atoms with van der Waals surface area (Å²) in [7, 11) is 0. The molecule has 0 amide bonds. The highest BCUT2D eigenvalue weighted by Gasteiger charge is 2.30. The van der Waals surface area contributed by atoms with E-state index in [-0.39, 0.29) is 11.5 Å². The molecule has 5 nitrogen and oxygen atoms in total. The Morgan fingerprint density at radius 1 is 1.47 bits per heavy atom. The average Bonchev–Trinajstić information content (AvgIpc) is 2.39. The molecular weight excluding hydrogens is 266 g/mol. The third kappa shape index (κ3) is 3.07.